The van der Waals surface area contributed by atoms with E-state index in [4.69, 9.17) is 4.42 Å². The number of furan rings is 1. The van der Waals surface area contributed by atoms with Crippen molar-refractivity contribution in [2.45, 2.75) is 37.1 Å². The van der Waals surface area contributed by atoms with E-state index < -0.39 is 0 Å². The molecule has 0 saturated heterocycles. The molecule has 1 heterocycles. The van der Waals surface area contributed by atoms with Gasteiger partial charge in [0.15, 0.2) is 0 Å². The molecule has 0 aromatic carbocycles. The van der Waals surface area contributed by atoms with Crippen LogP contribution in [0.25, 0.3) is 0 Å². The van der Waals surface area contributed by atoms with E-state index in [2.05, 4.69) is 18.2 Å². The summed E-state index contributed by atoms with van der Waals surface area (Å²) < 4.78 is 5.28. The Morgan fingerprint density at radius 2 is 2.25 bits per heavy atom. The minimum atomic E-state index is 0.149. The van der Waals surface area contributed by atoms with Gasteiger partial charge in [-0.05, 0) is 38.3 Å². The van der Waals surface area contributed by atoms with Crippen LogP contribution >= 0.6 is 11.8 Å². The SMILES string of the molecule is CS[C@H]1CCC[C@@H]1N(C)CC(=O)N(C)Cc1ccco1. The summed E-state index contributed by atoms with van der Waals surface area (Å²) in [6.07, 6.45) is 7.56. The van der Waals surface area contributed by atoms with E-state index in [1.54, 1.807) is 11.2 Å². The molecule has 0 spiro atoms. The number of nitrogens with zero attached hydrogens (tertiary/aromatic N) is 2. The zero-order valence-corrected chi connectivity index (χ0v) is 13.4. The Labute approximate surface area is 125 Å². The molecule has 0 N–H and O–H groups in total. The second-order valence-electron chi connectivity index (χ2n) is 5.52. The van der Waals surface area contributed by atoms with E-state index >= 15 is 0 Å². The molecular weight excluding hydrogens is 272 g/mol. The van der Waals surface area contributed by atoms with E-state index in [1.165, 1.54) is 19.3 Å². The highest BCUT2D eigenvalue weighted by Crippen LogP contribution is 2.31. The molecule has 1 aromatic rings. The number of hydrogen-bond donors (Lipinski definition) is 0. The van der Waals surface area contributed by atoms with Crippen molar-refractivity contribution in [3.8, 4) is 0 Å². The molecule has 1 fully saturated rings. The smallest absolute Gasteiger partial charge is 0.236 e. The van der Waals surface area contributed by atoms with E-state index in [0.717, 1.165) is 5.76 Å². The van der Waals surface area contributed by atoms with Crippen LogP contribution in [-0.4, -0.2) is 53.9 Å². The van der Waals surface area contributed by atoms with Crippen LogP contribution in [0.4, 0.5) is 0 Å². The van der Waals surface area contributed by atoms with Gasteiger partial charge in [0.05, 0.1) is 19.4 Å². The van der Waals surface area contributed by atoms with Gasteiger partial charge in [0.25, 0.3) is 0 Å². The first kappa shape index (κ1) is 15.4. The van der Waals surface area contributed by atoms with Crippen molar-refractivity contribution in [3.05, 3.63) is 24.2 Å². The summed E-state index contributed by atoms with van der Waals surface area (Å²) >= 11 is 1.93. The van der Waals surface area contributed by atoms with Gasteiger partial charge in [0, 0.05) is 18.3 Å². The molecule has 20 heavy (non-hydrogen) atoms. The lowest BCUT2D eigenvalue weighted by Gasteiger charge is -2.29. The fourth-order valence-corrected chi connectivity index (χ4v) is 3.92. The number of thioether (sulfide) groups is 1. The molecule has 0 aliphatic heterocycles. The summed E-state index contributed by atoms with van der Waals surface area (Å²) in [5.74, 6) is 0.974. The Morgan fingerprint density at radius 3 is 2.90 bits per heavy atom. The van der Waals surface area contributed by atoms with E-state index in [1.807, 2.05) is 30.9 Å². The Kier molecular flexibility index (Phi) is 5.54. The van der Waals surface area contributed by atoms with Gasteiger partial charge in [-0.2, -0.15) is 11.8 Å². The van der Waals surface area contributed by atoms with Gasteiger partial charge >= 0.3 is 0 Å². The van der Waals surface area contributed by atoms with Crippen molar-refractivity contribution < 1.29 is 9.21 Å². The molecule has 112 valence electrons. The van der Waals surface area contributed by atoms with Gasteiger partial charge in [-0.15, -0.1) is 0 Å². The monoisotopic (exact) mass is 296 g/mol. The minimum Gasteiger partial charge on any atom is -0.467 e. The van der Waals surface area contributed by atoms with Crippen LogP contribution in [-0.2, 0) is 11.3 Å². The summed E-state index contributed by atoms with van der Waals surface area (Å²) in [7, 11) is 3.90. The lowest BCUT2D eigenvalue weighted by molar-refractivity contribution is -0.132. The first-order chi connectivity index (χ1) is 9.61. The predicted octanol–water partition coefficient (Wildman–Crippen LogP) is 2.45. The predicted molar refractivity (Wildman–Crippen MR) is 82.8 cm³/mol. The molecular formula is C15H24N2O2S. The number of hydrogen-bond acceptors (Lipinski definition) is 4. The third kappa shape index (κ3) is 3.79. The maximum absolute atomic E-state index is 12.3. The maximum atomic E-state index is 12.3. The molecule has 1 aliphatic rings. The zero-order chi connectivity index (χ0) is 14.5. The van der Waals surface area contributed by atoms with Crippen LogP contribution in [0.15, 0.2) is 22.8 Å². The van der Waals surface area contributed by atoms with Gasteiger partial charge in [0.2, 0.25) is 5.91 Å². The summed E-state index contributed by atoms with van der Waals surface area (Å²) in [5, 5.41) is 0.670. The van der Waals surface area contributed by atoms with Gasteiger partial charge in [0.1, 0.15) is 5.76 Å². The zero-order valence-electron chi connectivity index (χ0n) is 12.5. The number of likely N-dealkylation sites (N-methyl/N-ethyl adjacent to an activating group) is 2. The van der Waals surface area contributed by atoms with Gasteiger partial charge in [-0.3, -0.25) is 9.69 Å². The molecule has 1 amide bonds. The quantitative estimate of drug-likeness (QED) is 0.808. The average Bonchev–Trinajstić information content (AvgIpc) is 3.08. The van der Waals surface area contributed by atoms with E-state index in [-0.39, 0.29) is 5.91 Å². The fourth-order valence-electron chi connectivity index (χ4n) is 2.86. The van der Waals surface area contributed by atoms with E-state index in [9.17, 15) is 4.79 Å². The molecule has 2 atom stereocenters. The summed E-state index contributed by atoms with van der Waals surface area (Å²) in [6, 6.07) is 4.28. The van der Waals surface area contributed by atoms with Gasteiger partial charge < -0.3 is 9.32 Å². The highest BCUT2D eigenvalue weighted by molar-refractivity contribution is 7.99. The molecule has 5 heteroatoms. The first-order valence-corrected chi connectivity index (χ1v) is 8.40. The minimum absolute atomic E-state index is 0.149. The van der Waals surface area contributed by atoms with Crippen molar-refractivity contribution in [2.75, 3.05) is 26.9 Å². The Morgan fingerprint density at radius 1 is 1.45 bits per heavy atom. The van der Waals surface area contributed by atoms with Crippen molar-refractivity contribution in [1.82, 2.24) is 9.80 Å². The number of carbonyl (C=O) groups is 1. The molecule has 1 saturated carbocycles. The summed E-state index contributed by atoms with van der Waals surface area (Å²) in [4.78, 5) is 16.2. The molecule has 4 nitrogen and oxygen atoms in total. The van der Waals surface area contributed by atoms with Gasteiger partial charge in [-0.1, -0.05) is 6.42 Å². The molecule has 0 radical (unpaired) electrons. The second-order valence-corrected chi connectivity index (χ2v) is 6.59. The third-order valence-corrected chi connectivity index (χ3v) is 5.23. The molecule has 1 aliphatic carbocycles. The van der Waals surface area contributed by atoms with Crippen LogP contribution in [0.1, 0.15) is 25.0 Å². The lowest BCUT2D eigenvalue weighted by atomic mass is 10.2. The topological polar surface area (TPSA) is 36.7 Å². The Hall–Kier alpha value is -0.940. The first-order valence-electron chi connectivity index (χ1n) is 7.11. The van der Waals surface area contributed by atoms with Crippen LogP contribution in [0, 0.1) is 0 Å². The number of rotatable bonds is 6. The van der Waals surface area contributed by atoms with Gasteiger partial charge in [-0.25, -0.2) is 0 Å². The van der Waals surface area contributed by atoms with Crippen LogP contribution < -0.4 is 0 Å². The molecule has 0 unspecified atom stereocenters. The number of carbonyl (C=O) groups excluding carboxylic acids is 1. The standard InChI is InChI=1S/C15H24N2O2S/c1-16(13-7-4-8-14(13)20-3)11-15(18)17(2)10-12-6-5-9-19-12/h5-6,9,13-14H,4,7-8,10-11H2,1-3H3/t13-,14-/m0/s1. The maximum Gasteiger partial charge on any atom is 0.236 e. The third-order valence-electron chi connectivity index (χ3n) is 4.07. The van der Waals surface area contributed by atoms with Crippen LogP contribution in [0.5, 0.6) is 0 Å². The highest BCUT2D eigenvalue weighted by atomic mass is 32.2. The van der Waals surface area contributed by atoms with Crippen molar-refractivity contribution in [2.24, 2.45) is 0 Å². The molecule has 2 rings (SSSR count). The highest BCUT2D eigenvalue weighted by Gasteiger charge is 2.30. The lowest BCUT2D eigenvalue weighted by Crippen LogP contribution is -2.43. The Bertz CT molecular complexity index is 422. The molecule has 0 bridgehead atoms. The second kappa shape index (κ2) is 7.18. The summed E-state index contributed by atoms with van der Waals surface area (Å²) in [6.45, 7) is 1.02. The normalized spacial score (nSPS) is 22.4. The van der Waals surface area contributed by atoms with Crippen LogP contribution in [0.2, 0.25) is 0 Å². The Balaban J connectivity index is 1.83. The van der Waals surface area contributed by atoms with Crippen molar-refractivity contribution in [1.29, 1.82) is 0 Å². The average molecular weight is 296 g/mol. The van der Waals surface area contributed by atoms with E-state index in [0.29, 0.717) is 24.4 Å². The fraction of sp³-hybridized carbons (Fsp3) is 0.667. The van der Waals surface area contributed by atoms with Crippen molar-refractivity contribution in [3.63, 3.8) is 0 Å². The van der Waals surface area contributed by atoms with Crippen LogP contribution in [0.3, 0.4) is 0 Å². The van der Waals surface area contributed by atoms with Crippen molar-refractivity contribution >= 4 is 17.7 Å². The number of amides is 1. The summed E-state index contributed by atoms with van der Waals surface area (Å²) in [5.41, 5.74) is 0. The molecule has 1 aromatic heterocycles. The largest absolute Gasteiger partial charge is 0.467 e.